The lowest BCUT2D eigenvalue weighted by molar-refractivity contribution is -0.242. The van der Waals surface area contributed by atoms with Gasteiger partial charge < -0.3 is 20.2 Å². The lowest BCUT2D eigenvalue weighted by Gasteiger charge is -2.35. The van der Waals surface area contributed by atoms with Crippen molar-refractivity contribution in [1.29, 1.82) is 0 Å². The summed E-state index contributed by atoms with van der Waals surface area (Å²) in [5.41, 5.74) is -3.37. The molecule has 0 unspecified atom stereocenters. The first-order chi connectivity index (χ1) is 15.2. The normalized spacial score (nSPS) is 17.5. The molecular weight excluding hydrogens is 483 g/mol. The number of hydrogen-bond acceptors (Lipinski definition) is 6. The number of benzene rings is 2. The number of sulfone groups is 1. The first-order valence-electron chi connectivity index (χ1n) is 9.93. The summed E-state index contributed by atoms with van der Waals surface area (Å²) >= 11 is 6.08. The molecule has 0 bridgehead atoms. The molecule has 2 N–H and O–H groups in total. The van der Waals surface area contributed by atoms with Crippen molar-refractivity contribution in [3.8, 4) is 0 Å². The number of piperazine rings is 1. The van der Waals surface area contributed by atoms with Crippen molar-refractivity contribution in [2.24, 2.45) is 0 Å². The molecule has 1 aliphatic heterocycles. The molecule has 0 saturated carbocycles. The maximum Gasteiger partial charge on any atom is 0.426 e. The van der Waals surface area contributed by atoms with E-state index in [0.717, 1.165) is 31.3 Å². The van der Waals surface area contributed by atoms with Crippen LogP contribution in [0.3, 0.4) is 0 Å². The zero-order valence-electron chi connectivity index (χ0n) is 17.9. The van der Waals surface area contributed by atoms with Crippen LogP contribution in [-0.2, 0) is 14.6 Å². The maximum absolute atomic E-state index is 13.4. The quantitative estimate of drug-likeness (QED) is 0.649. The van der Waals surface area contributed by atoms with Crippen LogP contribution in [0, 0.1) is 0 Å². The fourth-order valence-electron chi connectivity index (χ4n) is 3.26. The molecule has 0 spiro atoms. The summed E-state index contributed by atoms with van der Waals surface area (Å²) < 4.78 is 65.4. The van der Waals surface area contributed by atoms with Crippen LogP contribution in [0.15, 0.2) is 52.3 Å². The van der Waals surface area contributed by atoms with E-state index in [1.807, 2.05) is 17.3 Å². The Morgan fingerprint density at radius 1 is 1.09 bits per heavy atom. The van der Waals surface area contributed by atoms with Gasteiger partial charge in [-0.1, -0.05) is 23.7 Å². The summed E-state index contributed by atoms with van der Waals surface area (Å²) in [6, 6.07) is 9.81. The van der Waals surface area contributed by atoms with E-state index in [0.29, 0.717) is 25.7 Å². The monoisotopic (exact) mass is 505 g/mol. The van der Waals surface area contributed by atoms with Crippen molar-refractivity contribution in [1.82, 2.24) is 4.90 Å². The second-order valence-corrected chi connectivity index (χ2v) is 10.3. The predicted molar refractivity (Wildman–Crippen MR) is 118 cm³/mol. The molecular formula is C21H23ClF3N3O4S. The molecule has 1 atom stereocenters. The summed E-state index contributed by atoms with van der Waals surface area (Å²) in [5, 5.41) is 11.1. The summed E-state index contributed by atoms with van der Waals surface area (Å²) in [6.07, 6.45) is -5.21. The molecule has 2 aromatic rings. The van der Waals surface area contributed by atoms with E-state index >= 15 is 0 Å². The van der Waals surface area contributed by atoms with Gasteiger partial charge in [-0.05, 0) is 44.3 Å². The number of nitrogens with one attached hydrogen (secondary N) is 1. The maximum atomic E-state index is 13.4. The van der Waals surface area contributed by atoms with Gasteiger partial charge in [0.1, 0.15) is 0 Å². The average molecular weight is 506 g/mol. The topological polar surface area (TPSA) is 90.0 Å². The molecule has 0 radical (unpaired) electrons. The molecule has 180 valence electrons. The van der Waals surface area contributed by atoms with Crippen LogP contribution in [0.25, 0.3) is 0 Å². The predicted octanol–water partition coefficient (Wildman–Crippen LogP) is 3.18. The molecule has 1 fully saturated rings. The van der Waals surface area contributed by atoms with Crippen LogP contribution in [0.4, 0.5) is 24.5 Å². The summed E-state index contributed by atoms with van der Waals surface area (Å²) in [7, 11) is -2.05. The fourth-order valence-corrected chi connectivity index (χ4v) is 5.05. The number of anilines is 2. The summed E-state index contributed by atoms with van der Waals surface area (Å²) in [6.45, 7) is 3.15. The van der Waals surface area contributed by atoms with Gasteiger partial charge in [-0.25, -0.2) is 8.42 Å². The number of halogens is 4. The molecule has 33 heavy (non-hydrogen) atoms. The highest BCUT2D eigenvalue weighted by molar-refractivity contribution is 7.91. The van der Waals surface area contributed by atoms with Gasteiger partial charge in [0.25, 0.3) is 5.91 Å². The van der Waals surface area contributed by atoms with E-state index in [9.17, 15) is 31.5 Å². The molecule has 7 nitrogen and oxygen atoms in total. The number of nitrogens with zero attached hydrogens (tertiary/aromatic N) is 2. The highest BCUT2D eigenvalue weighted by Crippen LogP contribution is 2.35. The number of aliphatic hydroxyl groups is 1. The van der Waals surface area contributed by atoms with Crippen molar-refractivity contribution >= 4 is 38.7 Å². The van der Waals surface area contributed by atoms with E-state index in [2.05, 4.69) is 4.90 Å². The Labute approximate surface area is 194 Å². The fraction of sp³-hybridized carbons (Fsp3) is 0.381. The van der Waals surface area contributed by atoms with Crippen LogP contribution >= 0.6 is 11.6 Å². The minimum Gasteiger partial charge on any atom is -0.373 e. The zero-order chi connectivity index (χ0) is 24.6. The number of carbonyl (C=O) groups is 1. The Balaban J connectivity index is 1.91. The molecule has 3 rings (SSSR count). The number of likely N-dealkylation sites (N-methyl/N-ethyl adjacent to an activating group) is 1. The van der Waals surface area contributed by atoms with Crippen molar-refractivity contribution in [3.63, 3.8) is 0 Å². The number of hydrogen-bond donors (Lipinski definition) is 2. The van der Waals surface area contributed by atoms with Gasteiger partial charge in [0.2, 0.25) is 15.4 Å². The number of para-hydroxylation sites is 1. The molecule has 0 aromatic heterocycles. The van der Waals surface area contributed by atoms with Crippen molar-refractivity contribution in [2.45, 2.75) is 28.5 Å². The molecule has 1 saturated heterocycles. The standard InChI is InChI=1S/C21H23ClF3N3O4S/c1-20(30,21(23,24)25)19(29)26-16-8-7-14(13-15(16)22)33(31,32)18-6-4-3-5-17(18)28-11-9-27(2)10-12-28/h3-8,13,30H,9-12H2,1-2H3,(H,26,29)/t20-/m1/s1. The number of alkyl halides is 3. The molecule has 12 heteroatoms. The first-order valence-corrected chi connectivity index (χ1v) is 11.8. The highest BCUT2D eigenvalue weighted by Gasteiger charge is 2.55. The second-order valence-electron chi connectivity index (χ2n) is 7.93. The van der Waals surface area contributed by atoms with E-state index in [1.165, 1.54) is 6.07 Å². The highest BCUT2D eigenvalue weighted by atomic mass is 35.5. The third-order valence-electron chi connectivity index (χ3n) is 5.49. The largest absolute Gasteiger partial charge is 0.426 e. The molecule has 1 heterocycles. The van der Waals surface area contributed by atoms with Crippen molar-refractivity contribution in [3.05, 3.63) is 47.5 Å². The molecule has 0 aliphatic carbocycles. The lowest BCUT2D eigenvalue weighted by atomic mass is 10.1. The second kappa shape index (κ2) is 9.13. The Morgan fingerprint density at radius 3 is 2.27 bits per heavy atom. The third kappa shape index (κ3) is 5.11. The van der Waals surface area contributed by atoms with Gasteiger partial charge in [-0.15, -0.1) is 0 Å². The van der Waals surface area contributed by atoms with E-state index in [-0.39, 0.29) is 20.5 Å². The number of carbonyl (C=O) groups excluding carboxylic acids is 1. The van der Waals surface area contributed by atoms with Crippen LogP contribution in [-0.4, -0.2) is 69.3 Å². The van der Waals surface area contributed by atoms with Gasteiger partial charge in [0, 0.05) is 26.2 Å². The molecule has 1 amide bonds. The van der Waals surface area contributed by atoms with Gasteiger partial charge in [0.05, 0.1) is 26.2 Å². The van der Waals surface area contributed by atoms with Crippen molar-refractivity contribution in [2.75, 3.05) is 43.4 Å². The SMILES string of the molecule is CN1CCN(c2ccccc2S(=O)(=O)c2ccc(NC(=O)[C@@](C)(O)C(F)(F)F)c(Cl)c2)CC1. The number of amides is 1. The number of rotatable bonds is 5. The van der Waals surface area contributed by atoms with Gasteiger partial charge in [0.15, 0.2) is 0 Å². The Kier molecular flexibility index (Phi) is 6.99. The van der Waals surface area contributed by atoms with Crippen LogP contribution in [0.1, 0.15) is 6.92 Å². The van der Waals surface area contributed by atoms with Gasteiger partial charge in [-0.2, -0.15) is 13.2 Å². The Bertz CT molecular complexity index is 1150. The van der Waals surface area contributed by atoms with E-state index < -0.39 is 27.5 Å². The first kappa shape index (κ1) is 25.3. The van der Waals surface area contributed by atoms with Crippen molar-refractivity contribution < 1.29 is 31.5 Å². The lowest BCUT2D eigenvalue weighted by Crippen LogP contribution is -2.52. The zero-order valence-corrected chi connectivity index (χ0v) is 19.4. The van der Waals surface area contributed by atoms with E-state index in [4.69, 9.17) is 11.6 Å². The van der Waals surface area contributed by atoms with E-state index in [1.54, 1.807) is 18.2 Å². The van der Waals surface area contributed by atoms with Crippen LogP contribution in [0.2, 0.25) is 5.02 Å². The molecule has 2 aromatic carbocycles. The average Bonchev–Trinajstić information content (AvgIpc) is 2.74. The third-order valence-corrected chi connectivity index (χ3v) is 7.60. The smallest absolute Gasteiger partial charge is 0.373 e. The Hall–Kier alpha value is -2.34. The summed E-state index contributed by atoms with van der Waals surface area (Å²) in [4.78, 5) is 15.9. The molecule has 1 aliphatic rings. The minimum absolute atomic E-state index is 0.0717. The van der Waals surface area contributed by atoms with Gasteiger partial charge in [-0.3, -0.25) is 4.79 Å². The summed E-state index contributed by atoms with van der Waals surface area (Å²) in [5.74, 6) is -1.74. The minimum atomic E-state index is -5.21. The van der Waals surface area contributed by atoms with Gasteiger partial charge >= 0.3 is 6.18 Å². The van der Waals surface area contributed by atoms with Crippen LogP contribution in [0.5, 0.6) is 0 Å². The van der Waals surface area contributed by atoms with Crippen LogP contribution < -0.4 is 10.2 Å². The Morgan fingerprint density at radius 2 is 1.70 bits per heavy atom.